The maximum absolute atomic E-state index is 12.8. The monoisotopic (exact) mass is 435 g/mol. The van der Waals surface area contributed by atoms with E-state index < -0.39 is 0 Å². The van der Waals surface area contributed by atoms with Crippen molar-refractivity contribution in [2.45, 2.75) is 16.0 Å². The maximum atomic E-state index is 12.8. The number of thiazole rings is 1. The summed E-state index contributed by atoms with van der Waals surface area (Å²) in [5, 5.41) is 10.9. The SMILES string of the molecule is C=CC(=O)N1CCN(C(=O)c2cc(Sc3cnc(NC)s3)c(C)cn2)CC1.CO. The Hall–Kier alpha value is -2.43. The molecule has 2 aromatic heterocycles. The zero-order chi connectivity index (χ0) is 21.4. The third kappa shape index (κ3) is 5.78. The standard InChI is InChI=1S/C18H21N5O2S2.CH4O/c1-4-15(24)22-5-7-23(8-6-22)17(25)13-9-14(12(2)10-20-13)26-16-11-21-18(19-3)27-16;1-2/h4,9-11H,1,5-8H2,2-3H3,(H,19,21);2H,1H3. The van der Waals surface area contributed by atoms with Gasteiger partial charge in [-0.2, -0.15) is 0 Å². The van der Waals surface area contributed by atoms with E-state index in [2.05, 4.69) is 21.9 Å². The van der Waals surface area contributed by atoms with Crippen molar-refractivity contribution in [1.29, 1.82) is 0 Å². The number of aromatic nitrogens is 2. The molecule has 0 bridgehead atoms. The fourth-order valence-corrected chi connectivity index (χ4v) is 4.57. The molecule has 1 aliphatic rings. The first-order valence-corrected chi connectivity index (χ1v) is 10.6. The highest BCUT2D eigenvalue weighted by atomic mass is 32.2. The minimum absolute atomic E-state index is 0.0975. The van der Waals surface area contributed by atoms with E-state index >= 15 is 0 Å². The first-order chi connectivity index (χ1) is 14.0. The molecular formula is C19H25N5O3S2. The Labute approximate surface area is 178 Å². The molecule has 2 aromatic rings. The van der Waals surface area contributed by atoms with Crippen molar-refractivity contribution in [1.82, 2.24) is 19.8 Å². The number of piperazine rings is 1. The second-order valence-electron chi connectivity index (χ2n) is 5.99. The minimum Gasteiger partial charge on any atom is -0.400 e. The van der Waals surface area contributed by atoms with E-state index in [0.29, 0.717) is 31.9 Å². The molecule has 1 saturated heterocycles. The number of carbonyl (C=O) groups is 2. The van der Waals surface area contributed by atoms with Crippen molar-refractivity contribution in [2.75, 3.05) is 45.7 Å². The van der Waals surface area contributed by atoms with Crippen LogP contribution in [0.5, 0.6) is 0 Å². The molecule has 3 rings (SSSR count). The van der Waals surface area contributed by atoms with Gasteiger partial charge < -0.3 is 20.2 Å². The Morgan fingerprint density at radius 2 is 1.86 bits per heavy atom. The van der Waals surface area contributed by atoms with Crippen LogP contribution in [0.1, 0.15) is 16.1 Å². The number of nitrogens with one attached hydrogen (secondary N) is 1. The van der Waals surface area contributed by atoms with Gasteiger partial charge in [0.05, 0.1) is 10.4 Å². The molecule has 1 aliphatic heterocycles. The van der Waals surface area contributed by atoms with Gasteiger partial charge in [0.25, 0.3) is 5.91 Å². The number of carbonyl (C=O) groups excluding carboxylic acids is 2. The summed E-state index contributed by atoms with van der Waals surface area (Å²) < 4.78 is 1.05. The van der Waals surface area contributed by atoms with Gasteiger partial charge in [0.15, 0.2) is 5.13 Å². The molecule has 0 unspecified atom stereocenters. The zero-order valence-corrected chi connectivity index (χ0v) is 18.3. The molecule has 3 heterocycles. The zero-order valence-electron chi connectivity index (χ0n) is 16.7. The number of pyridine rings is 1. The molecule has 1 fully saturated rings. The topological polar surface area (TPSA) is 98.7 Å². The van der Waals surface area contributed by atoms with E-state index in [0.717, 1.165) is 26.9 Å². The van der Waals surface area contributed by atoms with Crippen LogP contribution in [0.25, 0.3) is 0 Å². The van der Waals surface area contributed by atoms with Crippen LogP contribution in [0.2, 0.25) is 0 Å². The Bertz CT molecular complexity index is 863. The molecular weight excluding hydrogens is 410 g/mol. The van der Waals surface area contributed by atoms with E-state index in [1.54, 1.807) is 39.1 Å². The number of anilines is 1. The lowest BCUT2D eigenvalue weighted by Gasteiger charge is -2.34. The van der Waals surface area contributed by atoms with Crippen LogP contribution in [0, 0.1) is 6.92 Å². The van der Waals surface area contributed by atoms with Crippen LogP contribution in [0.3, 0.4) is 0 Å². The van der Waals surface area contributed by atoms with Crippen molar-refractivity contribution < 1.29 is 14.7 Å². The third-order valence-electron chi connectivity index (χ3n) is 4.23. The van der Waals surface area contributed by atoms with E-state index in [1.807, 2.05) is 26.2 Å². The third-order valence-corrected chi connectivity index (χ3v) is 6.51. The van der Waals surface area contributed by atoms with Gasteiger partial charge in [-0.15, -0.1) is 0 Å². The highest BCUT2D eigenvalue weighted by molar-refractivity contribution is 8.01. The van der Waals surface area contributed by atoms with Gasteiger partial charge in [-0.3, -0.25) is 14.6 Å². The Morgan fingerprint density at radius 3 is 2.45 bits per heavy atom. The molecule has 0 spiro atoms. The fraction of sp³-hybridized carbons (Fsp3) is 0.368. The number of hydrogen-bond donors (Lipinski definition) is 2. The molecule has 0 aliphatic carbocycles. The molecule has 0 saturated carbocycles. The molecule has 156 valence electrons. The summed E-state index contributed by atoms with van der Waals surface area (Å²) in [7, 11) is 2.84. The number of rotatable bonds is 5. The summed E-state index contributed by atoms with van der Waals surface area (Å²) in [5.74, 6) is -0.206. The Balaban J connectivity index is 0.00000145. The summed E-state index contributed by atoms with van der Waals surface area (Å²) in [4.78, 5) is 37.5. The van der Waals surface area contributed by atoms with Gasteiger partial charge in [-0.05, 0) is 24.6 Å². The van der Waals surface area contributed by atoms with Gasteiger partial charge in [0, 0.05) is 51.4 Å². The molecule has 10 heteroatoms. The lowest BCUT2D eigenvalue weighted by Crippen LogP contribution is -2.50. The lowest BCUT2D eigenvalue weighted by atomic mass is 10.2. The molecule has 0 radical (unpaired) electrons. The van der Waals surface area contributed by atoms with Crippen molar-refractivity contribution in [2.24, 2.45) is 0 Å². The molecule has 8 nitrogen and oxygen atoms in total. The summed E-state index contributed by atoms with van der Waals surface area (Å²) in [5.41, 5.74) is 1.43. The maximum Gasteiger partial charge on any atom is 0.272 e. The van der Waals surface area contributed by atoms with Gasteiger partial charge in [0.1, 0.15) is 5.69 Å². The molecule has 2 amide bonds. The fourth-order valence-electron chi connectivity index (χ4n) is 2.68. The van der Waals surface area contributed by atoms with Crippen LogP contribution >= 0.6 is 23.1 Å². The summed E-state index contributed by atoms with van der Waals surface area (Å²) in [6.07, 6.45) is 4.85. The van der Waals surface area contributed by atoms with Gasteiger partial charge in [-0.25, -0.2) is 4.98 Å². The average molecular weight is 436 g/mol. The highest BCUT2D eigenvalue weighted by Gasteiger charge is 2.25. The van der Waals surface area contributed by atoms with Gasteiger partial charge in [-0.1, -0.05) is 29.7 Å². The van der Waals surface area contributed by atoms with E-state index in [1.165, 1.54) is 6.08 Å². The van der Waals surface area contributed by atoms with Crippen molar-refractivity contribution in [3.05, 3.63) is 42.4 Å². The predicted molar refractivity (Wildman–Crippen MR) is 116 cm³/mol. The molecule has 29 heavy (non-hydrogen) atoms. The van der Waals surface area contributed by atoms with Crippen molar-refractivity contribution >= 4 is 40.0 Å². The smallest absolute Gasteiger partial charge is 0.272 e. The predicted octanol–water partition coefficient (Wildman–Crippen LogP) is 2.12. The highest BCUT2D eigenvalue weighted by Crippen LogP contribution is 2.35. The van der Waals surface area contributed by atoms with Crippen molar-refractivity contribution in [3.63, 3.8) is 0 Å². The molecule has 0 aromatic carbocycles. The summed E-state index contributed by atoms with van der Waals surface area (Å²) in [6.45, 7) is 7.50. The van der Waals surface area contributed by atoms with Gasteiger partial charge in [0.2, 0.25) is 5.91 Å². The number of aliphatic hydroxyl groups is 1. The second-order valence-corrected chi connectivity index (χ2v) is 8.37. The lowest BCUT2D eigenvalue weighted by molar-refractivity contribution is -0.127. The van der Waals surface area contributed by atoms with Crippen LogP contribution in [-0.4, -0.2) is 77.0 Å². The number of aryl methyl sites for hydroxylation is 1. The minimum atomic E-state index is -0.109. The average Bonchev–Trinajstić information content (AvgIpc) is 3.23. The first kappa shape index (κ1) is 22.9. The van der Waals surface area contributed by atoms with Crippen LogP contribution in [0.15, 0.2) is 40.2 Å². The number of nitrogens with zero attached hydrogens (tertiary/aromatic N) is 4. The molecule has 0 atom stereocenters. The first-order valence-electron chi connectivity index (χ1n) is 8.95. The Morgan fingerprint density at radius 1 is 1.21 bits per heavy atom. The number of hydrogen-bond acceptors (Lipinski definition) is 8. The second kappa shape index (κ2) is 10.9. The van der Waals surface area contributed by atoms with E-state index in [9.17, 15) is 9.59 Å². The van der Waals surface area contributed by atoms with Crippen LogP contribution < -0.4 is 5.32 Å². The normalized spacial score (nSPS) is 13.4. The van der Waals surface area contributed by atoms with Gasteiger partial charge >= 0.3 is 0 Å². The number of amides is 2. The summed E-state index contributed by atoms with van der Waals surface area (Å²) >= 11 is 3.14. The van der Waals surface area contributed by atoms with E-state index in [-0.39, 0.29) is 11.8 Å². The van der Waals surface area contributed by atoms with Crippen LogP contribution in [0.4, 0.5) is 5.13 Å². The van der Waals surface area contributed by atoms with E-state index in [4.69, 9.17) is 5.11 Å². The largest absolute Gasteiger partial charge is 0.400 e. The van der Waals surface area contributed by atoms with Crippen LogP contribution in [-0.2, 0) is 4.79 Å². The molecule has 2 N–H and O–H groups in total. The quantitative estimate of drug-likeness (QED) is 0.694. The summed E-state index contributed by atoms with van der Waals surface area (Å²) in [6, 6.07) is 1.84. The number of aliphatic hydroxyl groups excluding tert-OH is 1. The van der Waals surface area contributed by atoms with Crippen molar-refractivity contribution in [3.8, 4) is 0 Å². The Kier molecular flexibility index (Phi) is 8.62.